The topological polar surface area (TPSA) is 81.9 Å². The van der Waals surface area contributed by atoms with Gasteiger partial charge in [0.1, 0.15) is 5.52 Å². The molecule has 3 heterocycles. The average Bonchev–Trinajstić information content (AvgIpc) is 3.26. The first-order valence-electron chi connectivity index (χ1n) is 10.6. The van der Waals surface area contributed by atoms with Crippen molar-refractivity contribution >= 4 is 23.0 Å². The highest BCUT2D eigenvalue weighted by atomic mass is 16.5. The number of carbonyl (C=O) groups excluding carboxylic acids is 1. The van der Waals surface area contributed by atoms with E-state index in [4.69, 9.17) is 9.84 Å². The number of fused-ring (bicyclic) bond motifs is 2. The minimum Gasteiger partial charge on any atom is -0.481 e. The van der Waals surface area contributed by atoms with Gasteiger partial charge in [0.25, 0.3) is 0 Å². The smallest absolute Gasteiger partial charge is 0.244 e. The molecule has 160 valence electrons. The van der Waals surface area contributed by atoms with Crippen molar-refractivity contribution < 1.29 is 9.53 Å². The molecule has 0 fully saturated rings. The van der Waals surface area contributed by atoms with Crippen LogP contribution in [0.2, 0.25) is 0 Å². The Kier molecular flexibility index (Phi) is 5.37. The molecule has 0 aliphatic heterocycles. The Bertz CT molecular complexity index is 1300. The van der Waals surface area contributed by atoms with E-state index >= 15 is 0 Å². The number of ether oxygens (including phenoxy) is 1. The van der Waals surface area contributed by atoms with E-state index in [0.717, 1.165) is 52.8 Å². The lowest BCUT2D eigenvalue weighted by Gasteiger charge is -2.21. The Morgan fingerprint density at radius 3 is 2.91 bits per heavy atom. The van der Waals surface area contributed by atoms with Crippen molar-refractivity contribution in [2.24, 2.45) is 0 Å². The molecule has 0 spiro atoms. The lowest BCUT2D eigenvalue weighted by molar-refractivity contribution is -0.117. The van der Waals surface area contributed by atoms with Gasteiger partial charge in [-0.2, -0.15) is 5.10 Å². The van der Waals surface area contributed by atoms with Gasteiger partial charge in [0.2, 0.25) is 11.8 Å². The standard InChI is InChI=1S/C25H23N5O2/c1-32-24-12-10-21-25(28-24)22(13-14-26-21)30-16-18-15-19(8-9-20(18)29-30)27-23(31)11-7-17-5-3-2-4-6-17/h2-7,10-14,16,19H,8-9,15H2,1H3,(H,27,31)/b11-7-. The van der Waals surface area contributed by atoms with Crippen molar-refractivity contribution in [3.63, 3.8) is 0 Å². The fourth-order valence-electron chi connectivity index (χ4n) is 4.03. The van der Waals surface area contributed by atoms with Crippen molar-refractivity contribution in [3.8, 4) is 11.6 Å². The quantitative estimate of drug-likeness (QED) is 0.495. The molecule has 0 saturated heterocycles. The van der Waals surface area contributed by atoms with Crippen LogP contribution in [0.15, 0.2) is 67.0 Å². The number of nitrogens with one attached hydrogen (secondary N) is 1. The molecule has 0 saturated carbocycles. The molecule has 1 aliphatic rings. The van der Waals surface area contributed by atoms with Crippen LogP contribution in [-0.4, -0.2) is 38.8 Å². The number of aryl methyl sites for hydroxylation is 1. The summed E-state index contributed by atoms with van der Waals surface area (Å²) in [7, 11) is 1.60. The van der Waals surface area contributed by atoms with Gasteiger partial charge in [0.05, 0.1) is 24.0 Å². The second-order valence-corrected chi connectivity index (χ2v) is 7.79. The molecule has 0 bridgehead atoms. The monoisotopic (exact) mass is 425 g/mol. The summed E-state index contributed by atoms with van der Waals surface area (Å²) in [6.07, 6.45) is 9.64. The zero-order chi connectivity index (χ0) is 21.9. The molecule has 3 aromatic heterocycles. The number of benzene rings is 1. The van der Waals surface area contributed by atoms with E-state index in [1.807, 2.05) is 59.4 Å². The number of rotatable bonds is 5. The number of amides is 1. The van der Waals surface area contributed by atoms with Gasteiger partial charge in [-0.05, 0) is 48.6 Å². The molecule has 0 radical (unpaired) electrons. The van der Waals surface area contributed by atoms with Gasteiger partial charge in [-0.3, -0.25) is 9.78 Å². The van der Waals surface area contributed by atoms with Crippen LogP contribution in [0.4, 0.5) is 0 Å². The molecule has 7 heteroatoms. The normalized spacial score (nSPS) is 15.6. The molecular formula is C25H23N5O2. The predicted octanol–water partition coefficient (Wildman–Crippen LogP) is 3.51. The molecule has 7 nitrogen and oxygen atoms in total. The van der Waals surface area contributed by atoms with E-state index in [9.17, 15) is 4.79 Å². The Labute approximate surface area is 185 Å². The summed E-state index contributed by atoms with van der Waals surface area (Å²) in [6.45, 7) is 0. The number of hydrogen-bond acceptors (Lipinski definition) is 5. The molecule has 1 aliphatic carbocycles. The van der Waals surface area contributed by atoms with Crippen LogP contribution in [0, 0.1) is 0 Å². The van der Waals surface area contributed by atoms with Gasteiger partial charge >= 0.3 is 0 Å². The molecule has 32 heavy (non-hydrogen) atoms. The van der Waals surface area contributed by atoms with Crippen LogP contribution in [0.25, 0.3) is 22.8 Å². The summed E-state index contributed by atoms with van der Waals surface area (Å²) in [4.78, 5) is 21.3. The molecule has 1 atom stereocenters. The zero-order valence-electron chi connectivity index (χ0n) is 17.7. The lowest BCUT2D eigenvalue weighted by Crippen LogP contribution is -2.37. The first kappa shape index (κ1) is 19.9. The summed E-state index contributed by atoms with van der Waals surface area (Å²) < 4.78 is 7.14. The molecule has 1 amide bonds. The Balaban J connectivity index is 1.33. The van der Waals surface area contributed by atoms with Crippen LogP contribution >= 0.6 is 0 Å². The minimum absolute atomic E-state index is 0.0777. The number of carbonyl (C=O) groups is 1. The summed E-state index contributed by atoms with van der Waals surface area (Å²) in [6, 6.07) is 15.5. The molecular weight excluding hydrogens is 402 g/mol. The van der Waals surface area contributed by atoms with Crippen LogP contribution in [0.5, 0.6) is 5.88 Å². The largest absolute Gasteiger partial charge is 0.481 e. The number of methoxy groups -OCH3 is 1. The van der Waals surface area contributed by atoms with Gasteiger partial charge in [-0.1, -0.05) is 30.3 Å². The highest BCUT2D eigenvalue weighted by Crippen LogP contribution is 2.25. The van der Waals surface area contributed by atoms with E-state index in [2.05, 4.69) is 15.3 Å². The van der Waals surface area contributed by atoms with E-state index in [-0.39, 0.29) is 11.9 Å². The van der Waals surface area contributed by atoms with E-state index < -0.39 is 0 Å². The van der Waals surface area contributed by atoms with Gasteiger partial charge in [-0.25, -0.2) is 9.67 Å². The van der Waals surface area contributed by atoms with Crippen molar-refractivity contribution in [2.75, 3.05) is 7.11 Å². The maximum Gasteiger partial charge on any atom is 0.244 e. The summed E-state index contributed by atoms with van der Waals surface area (Å²) in [5, 5.41) is 7.92. The number of pyridine rings is 2. The third-order valence-electron chi connectivity index (χ3n) is 5.64. The molecule has 1 N–H and O–H groups in total. The van der Waals surface area contributed by atoms with Crippen LogP contribution in [0.1, 0.15) is 23.2 Å². The SMILES string of the molecule is COc1ccc2nccc(-n3cc4c(n3)CCC(NC(=O)/C=C\c3ccccc3)C4)c2n1. The molecule has 4 aromatic rings. The van der Waals surface area contributed by atoms with Crippen molar-refractivity contribution in [3.05, 3.63) is 83.8 Å². The maximum absolute atomic E-state index is 12.4. The number of aromatic nitrogens is 4. The highest BCUT2D eigenvalue weighted by molar-refractivity contribution is 5.92. The Morgan fingerprint density at radius 1 is 1.19 bits per heavy atom. The minimum atomic E-state index is -0.0777. The van der Waals surface area contributed by atoms with Gasteiger partial charge in [0, 0.05) is 30.6 Å². The summed E-state index contributed by atoms with van der Waals surface area (Å²) in [5.41, 5.74) is 5.58. The second kappa shape index (κ2) is 8.63. The number of hydrogen-bond donors (Lipinski definition) is 1. The fourth-order valence-corrected chi connectivity index (χ4v) is 4.03. The lowest BCUT2D eigenvalue weighted by atomic mass is 9.93. The Hall–Kier alpha value is -4.00. The first-order chi connectivity index (χ1) is 15.7. The van der Waals surface area contributed by atoms with Gasteiger partial charge < -0.3 is 10.1 Å². The van der Waals surface area contributed by atoms with E-state index in [1.54, 1.807) is 25.4 Å². The second-order valence-electron chi connectivity index (χ2n) is 7.79. The molecule has 1 unspecified atom stereocenters. The van der Waals surface area contributed by atoms with E-state index in [1.165, 1.54) is 0 Å². The third-order valence-corrected chi connectivity index (χ3v) is 5.64. The summed E-state index contributed by atoms with van der Waals surface area (Å²) >= 11 is 0. The van der Waals surface area contributed by atoms with Gasteiger partial charge in [-0.15, -0.1) is 0 Å². The van der Waals surface area contributed by atoms with Crippen molar-refractivity contribution in [2.45, 2.75) is 25.3 Å². The summed E-state index contributed by atoms with van der Waals surface area (Å²) in [5.74, 6) is 0.459. The third kappa shape index (κ3) is 4.09. The van der Waals surface area contributed by atoms with Crippen molar-refractivity contribution in [1.29, 1.82) is 0 Å². The Morgan fingerprint density at radius 2 is 2.06 bits per heavy atom. The molecule has 1 aromatic carbocycles. The predicted molar refractivity (Wildman–Crippen MR) is 123 cm³/mol. The van der Waals surface area contributed by atoms with Crippen LogP contribution in [0.3, 0.4) is 0 Å². The zero-order valence-corrected chi connectivity index (χ0v) is 17.7. The van der Waals surface area contributed by atoms with E-state index in [0.29, 0.717) is 5.88 Å². The first-order valence-corrected chi connectivity index (χ1v) is 10.6. The van der Waals surface area contributed by atoms with Gasteiger partial charge in [0.15, 0.2) is 0 Å². The highest BCUT2D eigenvalue weighted by Gasteiger charge is 2.23. The molecule has 5 rings (SSSR count). The fraction of sp³-hybridized carbons (Fsp3) is 0.200. The number of nitrogens with zero attached hydrogens (tertiary/aromatic N) is 4. The average molecular weight is 425 g/mol. The maximum atomic E-state index is 12.4. The van der Waals surface area contributed by atoms with Crippen LogP contribution in [-0.2, 0) is 17.6 Å². The van der Waals surface area contributed by atoms with Crippen LogP contribution < -0.4 is 10.1 Å². The van der Waals surface area contributed by atoms with Crippen molar-refractivity contribution in [1.82, 2.24) is 25.1 Å².